The summed E-state index contributed by atoms with van der Waals surface area (Å²) in [5.74, 6) is 0. The fraction of sp³-hybridized carbons (Fsp3) is 0. The van der Waals surface area contributed by atoms with Crippen molar-refractivity contribution in [3.8, 4) is 0 Å². The molecule has 7 rings (SSSR count). The SMILES string of the molecule is N=C1C=C(n2c3ccccc3c(=O)c3ccccc32)c2ccccc2/C1=N/Nc1cccc2ccccc12. The van der Waals surface area contributed by atoms with Crippen LogP contribution in [0.15, 0.2) is 131 Å². The highest BCUT2D eigenvalue weighted by Crippen LogP contribution is 2.32. The van der Waals surface area contributed by atoms with Crippen molar-refractivity contribution in [1.29, 1.82) is 5.41 Å². The van der Waals surface area contributed by atoms with Gasteiger partial charge in [-0.1, -0.05) is 84.9 Å². The monoisotopic (exact) mass is 490 g/mol. The van der Waals surface area contributed by atoms with Crippen molar-refractivity contribution in [1.82, 2.24) is 4.57 Å². The standard InChI is InChI=1S/C33H22N4O/c34-27-20-31(37-29-18-7-5-15-25(29)33(38)26-16-6-8-19-30(26)37)23-13-3-4-14-24(23)32(27)36-35-28-17-9-11-21-10-1-2-12-22(21)28/h1-20,34-35H/b34-27?,36-32-. The zero-order valence-corrected chi connectivity index (χ0v) is 20.3. The van der Waals surface area contributed by atoms with Crippen molar-refractivity contribution in [2.45, 2.75) is 0 Å². The summed E-state index contributed by atoms with van der Waals surface area (Å²) in [6, 6.07) is 37.5. The summed E-state index contributed by atoms with van der Waals surface area (Å²) >= 11 is 0. The number of rotatable bonds is 3. The topological polar surface area (TPSA) is 70.2 Å². The first-order chi connectivity index (χ1) is 18.7. The molecular formula is C33H22N4O. The smallest absolute Gasteiger partial charge is 0.197 e. The lowest BCUT2D eigenvalue weighted by Crippen LogP contribution is -2.23. The molecule has 1 aromatic heterocycles. The normalized spacial score (nSPS) is 14.2. The number of nitrogens with zero attached hydrogens (tertiary/aromatic N) is 2. The molecule has 0 radical (unpaired) electrons. The molecule has 1 aliphatic rings. The van der Waals surface area contributed by atoms with Gasteiger partial charge >= 0.3 is 0 Å². The molecular weight excluding hydrogens is 468 g/mol. The van der Waals surface area contributed by atoms with Crippen LogP contribution in [-0.4, -0.2) is 16.0 Å². The Morgan fingerprint density at radius 3 is 1.95 bits per heavy atom. The zero-order valence-electron chi connectivity index (χ0n) is 20.3. The number of hydrazone groups is 1. The molecule has 5 heteroatoms. The second-order valence-corrected chi connectivity index (χ2v) is 9.29. The van der Waals surface area contributed by atoms with Gasteiger partial charge in [-0.25, -0.2) is 0 Å². The van der Waals surface area contributed by atoms with Crippen molar-refractivity contribution < 1.29 is 0 Å². The van der Waals surface area contributed by atoms with E-state index in [2.05, 4.69) is 28.2 Å². The van der Waals surface area contributed by atoms with Gasteiger partial charge in [-0.3, -0.25) is 15.6 Å². The number of hydrogen-bond donors (Lipinski definition) is 2. The van der Waals surface area contributed by atoms with E-state index in [4.69, 9.17) is 10.5 Å². The van der Waals surface area contributed by atoms with Gasteiger partial charge in [-0.05, 0) is 41.8 Å². The maximum absolute atomic E-state index is 13.3. The maximum atomic E-state index is 13.3. The van der Waals surface area contributed by atoms with Crippen LogP contribution in [0.2, 0.25) is 0 Å². The highest BCUT2D eigenvalue weighted by atomic mass is 16.1. The number of allylic oxidation sites excluding steroid dienone is 1. The van der Waals surface area contributed by atoms with Crippen LogP contribution in [0.1, 0.15) is 11.1 Å². The molecule has 180 valence electrons. The molecule has 5 aromatic carbocycles. The van der Waals surface area contributed by atoms with Gasteiger partial charge in [0.25, 0.3) is 0 Å². The molecule has 1 aliphatic carbocycles. The van der Waals surface area contributed by atoms with Crippen molar-refractivity contribution in [2.75, 3.05) is 5.43 Å². The van der Waals surface area contributed by atoms with Gasteiger partial charge in [0, 0.05) is 27.3 Å². The van der Waals surface area contributed by atoms with Gasteiger partial charge in [0.05, 0.1) is 28.1 Å². The van der Waals surface area contributed by atoms with Gasteiger partial charge in [0.15, 0.2) is 5.43 Å². The highest BCUT2D eigenvalue weighted by molar-refractivity contribution is 6.54. The lowest BCUT2D eigenvalue weighted by atomic mass is 9.91. The second-order valence-electron chi connectivity index (χ2n) is 9.29. The molecule has 0 aliphatic heterocycles. The van der Waals surface area contributed by atoms with Gasteiger partial charge in [0.1, 0.15) is 5.71 Å². The van der Waals surface area contributed by atoms with Crippen LogP contribution in [0.4, 0.5) is 5.69 Å². The minimum atomic E-state index is 0.00811. The van der Waals surface area contributed by atoms with Crippen LogP contribution < -0.4 is 10.9 Å². The Morgan fingerprint density at radius 2 is 1.21 bits per heavy atom. The first-order valence-electron chi connectivity index (χ1n) is 12.5. The Kier molecular flexibility index (Phi) is 5.01. The molecule has 0 atom stereocenters. The van der Waals surface area contributed by atoms with Crippen LogP contribution in [-0.2, 0) is 0 Å². The van der Waals surface area contributed by atoms with Crippen molar-refractivity contribution in [3.63, 3.8) is 0 Å². The third-order valence-corrected chi connectivity index (χ3v) is 7.09. The van der Waals surface area contributed by atoms with E-state index < -0.39 is 0 Å². The number of benzene rings is 5. The van der Waals surface area contributed by atoms with Crippen molar-refractivity contribution in [2.24, 2.45) is 5.10 Å². The summed E-state index contributed by atoms with van der Waals surface area (Å²) in [6.45, 7) is 0. The largest absolute Gasteiger partial charge is 0.308 e. The van der Waals surface area contributed by atoms with Gasteiger partial charge < -0.3 is 4.57 Å². The number of pyridine rings is 1. The summed E-state index contributed by atoms with van der Waals surface area (Å²) in [6.07, 6.45) is 1.84. The number of para-hydroxylation sites is 2. The summed E-state index contributed by atoms with van der Waals surface area (Å²) in [5.41, 5.74) is 9.21. The predicted molar refractivity (Wildman–Crippen MR) is 157 cm³/mol. The van der Waals surface area contributed by atoms with Gasteiger partial charge in [-0.2, -0.15) is 5.10 Å². The third kappa shape index (κ3) is 3.37. The molecule has 0 saturated carbocycles. The quantitative estimate of drug-likeness (QED) is 0.206. The number of anilines is 1. The Hall–Kier alpha value is -5.29. The minimum Gasteiger partial charge on any atom is -0.308 e. The van der Waals surface area contributed by atoms with E-state index in [0.29, 0.717) is 22.2 Å². The van der Waals surface area contributed by atoms with Gasteiger partial charge in [-0.15, -0.1) is 0 Å². The molecule has 0 fully saturated rings. The molecule has 0 saturated heterocycles. The first kappa shape index (κ1) is 21.9. The Labute approximate surface area is 218 Å². The number of aromatic nitrogens is 1. The van der Waals surface area contributed by atoms with Crippen LogP contribution in [0.5, 0.6) is 0 Å². The predicted octanol–water partition coefficient (Wildman–Crippen LogP) is 7.05. The van der Waals surface area contributed by atoms with E-state index in [1.807, 2.05) is 103 Å². The van der Waals surface area contributed by atoms with Crippen LogP contribution in [0, 0.1) is 5.41 Å². The fourth-order valence-electron chi connectivity index (χ4n) is 5.34. The summed E-state index contributed by atoms with van der Waals surface area (Å²) < 4.78 is 2.09. The summed E-state index contributed by atoms with van der Waals surface area (Å²) in [4.78, 5) is 13.3. The average molecular weight is 491 g/mol. The molecule has 0 unspecified atom stereocenters. The summed E-state index contributed by atoms with van der Waals surface area (Å²) in [5, 5.41) is 17.2. The number of nitrogens with one attached hydrogen (secondary N) is 2. The molecule has 0 spiro atoms. The molecule has 1 heterocycles. The Morgan fingerprint density at radius 1 is 0.632 bits per heavy atom. The molecule has 2 N–H and O–H groups in total. The molecule has 38 heavy (non-hydrogen) atoms. The first-order valence-corrected chi connectivity index (χ1v) is 12.5. The third-order valence-electron chi connectivity index (χ3n) is 7.09. The number of hydrogen-bond acceptors (Lipinski definition) is 4. The van der Waals surface area contributed by atoms with Crippen molar-refractivity contribution in [3.05, 3.63) is 143 Å². The van der Waals surface area contributed by atoms with Crippen LogP contribution in [0.3, 0.4) is 0 Å². The Bertz CT molecular complexity index is 1980. The Balaban J connectivity index is 1.43. The molecule has 0 amide bonds. The van der Waals surface area contributed by atoms with Crippen molar-refractivity contribution >= 4 is 55.4 Å². The van der Waals surface area contributed by atoms with Crippen LogP contribution >= 0.6 is 0 Å². The van der Waals surface area contributed by atoms with E-state index >= 15 is 0 Å². The second kappa shape index (κ2) is 8.68. The molecule has 0 bridgehead atoms. The lowest BCUT2D eigenvalue weighted by molar-refractivity contribution is 1.19. The molecule has 5 nitrogen and oxygen atoms in total. The van der Waals surface area contributed by atoms with E-state index in [9.17, 15) is 4.79 Å². The lowest BCUT2D eigenvalue weighted by Gasteiger charge is -2.24. The fourth-order valence-corrected chi connectivity index (χ4v) is 5.34. The molecule has 6 aromatic rings. The van der Waals surface area contributed by atoms with Gasteiger partial charge in [0.2, 0.25) is 0 Å². The maximum Gasteiger partial charge on any atom is 0.197 e. The van der Waals surface area contributed by atoms with E-state index in [1.165, 1.54) is 0 Å². The summed E-state index contributed by atoms with van der Waals surface area (Å²) in [7, 11) is 0. The van der Waals surface area contributed by atoms with E-state index in [0.717, 1.165) is 44.3 Å². The minimum absolute atomic E-state index is 0.00811. The van der Waals surface area contributed by atoms with Crippen LogP contribution in [0.25, 0.3) is 38.3 Å². The van der Waals surface area contributed by atoms with E-state index in [-0.39, 0.29) is 5.43 Å². The number of fused-ring (bicyclic) bond motifs is 4. The average Bonchev–Trinajstić information content (AvgIpc) is 2.97. The van der Waals surface area contributed by atoms with E-state index in [1.54, 1.807) is 0 Å². The highest BCUT2D eigenvalue weighted by Gasteiger charge is 2.25. The zero-order chi connectivity index (χ0) is 25.6.